The van der Waals surface area contributed by atoms with E-state index < -0.39 is 6.10 Å². The lowest BCUT2D eigenvalue weighted by Crippen LogP contribution is -2.54. The highest BCUT2D eigenvalue weighted by molar-refractivity contribution is 5.86. The van der Waals surface area contributed by atoms with Crippen LogP contribution in [-0.4, -0.2) is 29.1 Å². The zero-order valence-electron chi connectivity index (χ0n) is 12.9. The Labute approximate surface area is 132 Å². The number of hydrogen-bond donors (Lipinski definition) is 1. The van der Waals surface area contributed by atoms with E-state index in [0.717, 1.165) is 25.1 Å². The average Bonchev–Trinajstić information content (AvgIpc) is 2.60. The summed E-state index contributed by atoms with van der Waals surface area (Å²) < 4.78 is 0. The summed E-state index contributed by atoms with van der Waals surface area (Å²) in [6.07, 6.45) is 4.04. The Morgan fingerprint density at radius 2 is 2.00 bits per heavy atom. The summed E-state index contributed by atoms with van der Waals surface area (Å²) in [5.74, 6) is 1.29. The molecule has 0 aromatic heterocycles. The van der Waals surface area contributed by atoms with Crippen molar-refractivity contribution >= 4 is 10.8 Å². The van der Waals surface area contributed by atoms with Crippen molar-refractivity contribution in [1.29, 1.82) is 0 Å². The molecule has 0 saturated carbocycles. The van der Waals surface area contributed by atoms with Crippen LogP contribution in [0.3, 0.4) is 0 Å². The van der Waals surface area contributed by atoms with Gasteiger partial charge in [-0.25, -0.2) is 0 Å². The third kappa shape index (κ3) is 2.18. The zero-order valence-corrected chi connectivity index (χ0v) is 12.9. The molecule has 0 spiro atoms. The first-order valence-corrected chi connectivity index (χ1v) is 8.30. The fourth-order valence-corrected chi connectivity index (χ4v) is 4.42. The largest absolute Gasteiger partial charge is 0.387 e. The van der Waals surface area contributed by atoms with Gasteiger partial charge in [0, 0.05) is 12.6 Å². The van der Waals surface area contributed by atoms with Crippen LogP contribution in [-0.2, 0) is 0 Å². The van der Waals surface area contributed by atoms with Crippen molar-refractivity contribution in [3.63, 3.8) is 0 Å². The minimum Gasteiger partial charge on any atom is -0.387 e. The minimum absolute atomic E-state index is 0.251. The first kappa shape index (κ1) is 14.0. The summed E-state index contributed by atoms with van der Waals surface area (Å²) in [6, 6.07) is 14.9. The second kappa shape index (κ2) is 5.53. The Morgan fingerprint density at radius 3 is 2.77 bits per heavy atom. The normalized spacial score (nSPS) is 32.0. The van der Waals surface area contributed by atoms with E-state index in [4.69, 9.17) is 0 Å². The van der Waals surface area contributed by atoms with Gasteiger partial charge in [0.25, 0.3) is 0 Å². The van der Waals surface area contributed by atoms with E-state index in [9.17, 15) is 5.11 Å². The molecular weight excluding hydrogens is 270 g/mol. The molecule has 1 N–H and O–H groups in total. The molecule has 0 radical (unpaired) electrons. The van der Waals surface area contributed by atoms with Gasteiger partial charge in [-0.1, -0.05) is 48.5 Å². The van der Waals surface area contributed by atoms with Crippen LogP contribution in [0.1, 0.15) is 24.5 Å². The number of fused-ring (bicyclic) bond motifs is 4. The molecule has 3 heterocycles. The van der Waals surface area contributed by atoms with Crippen molar-refractivity contribution in [1.82, 2.24) is 4.90 Å². The summed E-state index contributed by atoms with van der Waals surface area (Å²) in [5, 5.41) is 13.4. The molecule has 5 atom stereocenters. The summed E-state index contributed by atoms with van der Waals surface area (Å²) >= 11 is 0. The van der Waals surface area contributed by atoms with Crippen molar-refractivity contribution in [3.8, 4) is 0 Å². The van der Waals surface area contributed by atoms with Gasteiger partial charge < -0.3 is 5.11 Å². The molecule has 5 rings (SSSR count). The van der Waals surface area contributed by atoms with Gasteiger partial charge in [-0.2, -0.15) is 0 Å². The molecule has 0 amide bonds. The van der Waals surface area contributed by atoms with Crippen molar-refractivity contribution in [2.45, 2.75) is 25.0 Å². The molecule has 2 bridgehead atoms. The predicted molar refractivity (Wildman–Crippen MR) is 90.7 cm³/mol. The Kier molecular flexibility index (Phi) is 3.51. The fourth-order valence-electron chi connectivity index (χ4n) is 4.42. The number of piperidine rings is 3. The van der Waals surface area contributed by atoms with Gasteiger partial charge in [0.15, 0.2) is 0 Å². The Morgan fingerprint density at radius 1 is 1.18 bits per heavy atom. The van der Waals surface area contributed by atoms with Gasteiger partial charge in [0.2, 0.25) is 0 Å². The highest BCUT2D eigenvalue weighted by Gasteiger charge is 2.42. The van der Waals surface area contributed by atoms with Gasteiger partial charge in [-0.15, -0.1) is 6.58 Å². The van der Waals surface area contributed by atoms with Crippen molar-refractivity contribution in [3.05, 3.63) is 60.7 Å². The van der Waals surface area contributed by atoms with Gasteiger partial charge in [-0.05, 0) is 47.6 Å². The van der Waals surface area contributed by atoms with Crippen LogP contribution in [0.5, 0.6) is 0 Å². The molecule has 3 fully saturated rings. The van der Waals surface area contributed by atoms with Crippen LogP contribution in [0.15, 0.2) is 55.1 Å². The molecule has 3 aliphatic heterocycles. The lowest BCUT2D eigenvalue weighted by Gasteiger charge is -2.50. The van der Waals surface area contributed by atoms with E-state index >= 15 is 0 Å². The van der Waals surface area contributed by atoms with Crippen molar-refractivity contribution in [2.75, 3.05) is 13.1 Å². The van der Waals surface area contributed by atoms with Gasteiger partial charge in [0.05, 0.1) is 6.10 Å². The lowest BCUT2D eigenvalue weighted by molar-refractivity contribution is -0.0444. The van der Waals surface area contributed by atoms with Crippen LogP contribution in [0, 0.1) is 11.8 Å². The van der Waals surface area contributed by atoms with Gasteiger partial charge in [-0.3, -0.25) is 4.90 Å². The molecule has 2 heteroatoms. The number of aliphatic hydroxyl groups is 1. The predicted octanol–water partition coefficient (Wildman–Crippen LogP) is 3.77. The number of hydrogen-bond acceptors (Lipinski definition) is 2. The third-order valence-electron chi connectivity index (χ3n) is 5.66. The second-order valence-electron chi connectivity index (χ2n) is 6.76. The van der Waals surface area contributed by atoms with Crippen LogP contribution in [0.25, 0.3) is 10.8 Å². The van der Waals surface area contributed by atoms with Crippen molar-refractivity contribution in [2.24, 2.45) is 11.8 Å². The average molecular weight is 293 g/mol. The fraction of sp³-hybridized carbons (Fsp3) is 0.400. The topological polar surface area (TPSA) is 23.5 Å². The molecular formula is C20H23NO. The van der Waals surface area contributed by atoms with Gasteiger partial charge in [0.1, 0.15) is 0 Å². The third-order valence-corrected chi connectivity index (χ3v) is 5.66. The first-order valence-electron chi connectivity index (χ1n) is 8.30. The molecule has 22 heavy (non-hydrogen) atoms. The second-order valence-corrected chi connectivity index (χ2v) is 6.76. The minimum atomic E-state index is -0.403. The molecule has 3 saturated heterocycles. The first-order chi connectivity index (χ1) is 10.8. The molecule has 4 unspecified atom stereocenters. The number of nitrogens with zero attached hydrogens (tertiary/aromatic N) is 1. The van der Waals surface area contributed by atoms with Gasteiger partial charge >= 0.3 is 0 Å². The van der Waals surface area contributed by atoms with Crippen molar-refractivity contribution < 1.29 is 5.11 Å². The van der Waals surface area contributed by atoms with E-state index in [-0.39, 0.29) is 6.04 Å². The molecule has 2 aromatic carbocycles. The van der Waals surface area contributed by atoms with E-state index in [1.54, 1.807) is 0 Å². The highest BCUT2D eigenvalue weighted by atomic mass is 16.3. The van der Waals surface area contributed by atoms with E-state index in [1.807, 2.05) is 0 Å². The molecule has 3 aliphatic rings. The number of aliphatic hydroxyl groups excluding tert-OH is 1. The van der Waals surface area contributed by atoms with E-state index in [2.05, 4.69) is 60.0 Å². The van der Waals surface area contributed by atoms with E-state index in [0.29, 0.717) is 11.8 Å². The Balaban J connectivity index is 1.67. The van der Waals surface area contributed by atoms with Crippen LogP contribution in [0.2, 0.25) is 0 Å². The summed E-state index contributed by atoms with van der Waals surface area (Å²) in [6.45, 7) is 6.15. The maximum absolute atomic E-state index is 11.1. The quantitative estimate of drug-likeness (QED) is 0.871. The zero-order chi connectivity index (χ0) is 15.1. The maximum Gasteiger partial charge on any atom is 0.0951 e. The molecule has 0 aliphatic carbocycles. The lowest BCUT2D eigenvalue weighted by atomic mass is 9.73. The molecule has 114 valence electrons. The SMILES string of the molecule is C=CC1CN2CCC1CC2[C@H](O)c1cccc2ccccc12. The Hall–Kier alpha value is -1.64. The maximum atomic E-state index is 11.1. The summed E-state index contributed by atoms with van der Waals surface area (Å²) in [5.41, 5.74) is 1.07. The van der Waals surface area contributed by atoms with E-state index in [1.165, 1.54) is 17.2 Å². The number of benzene rings is 2. The van der Waals surface area contributed by atoms with Crippen LogP contribution < -0.4 is 0 Å². The number of rotatable bonds is 3. The van der Waals surface area contributed by atoms with Crippen LogP contribution in [0.4, 0.5) is 0 Å². The standard InChI is InChI=1S/C20H23NO/c1-2-14-13-21-11-10-16(14)12-19(21)20(22)18-9-5-7-15-6-3-4-8-17(15)18/h2-9,14,16,19-20,22H,1,10-13H2/t14?,16?,19?,20-/m1/s1. The Bertz CT molecular complexity index is 690. The smallest absolute Gasteiger partial charge is 0.0951 e. The summed E-state index contributed by atoms with van der Waals surface area (Å²) in [4.78, 5) is 2.47. The van der Waals surface area contributed by atoms with Crippen LogP contribution >= 0.6 is 0 Å². The molecule has 2 nitrogen and oxygen atoms in total. The summed E-state index contributed by atoms with van der Waals surface area (Å²) in [7, 11) is 0. The molecule has 2 aromatic rings. The monoisotopic (exact) mass is 293 g/mol. The highest BCUT2D eigenvalue weighted by Crippen LogP contribution is 2.42.